The number of benzene rings is 4. The molecule has 4 aromatic carbocycles. The highest BCUT2D eigenvalue weighted by atomic mass is 28.4. The van der Waals surface area contributed by atoms with Crippen molar-refractivity contribution >= 4 is 27.0 Å². The molecule has 0 saturated heterocycles. The maximum Gasteiger partial charge on any atom is 0.219 e. The molecule has 2 unspecified atom stereocenters. The van der Waals surface area contributed by atoms with Crippen molar-refractivity contribution in [3.05, 3.63) is 131 Å². The summed E-state index contributed by atoms with van der Waals surface area (Å²) in [5.41, 5.74) is 4.78. The lowest BCUT2D eigenvalue weighted by Gasteiger charge is -2.39. The quantitative estimate of drug-likeness (QED) is 0.219. The number of hydrogen-bond acceptors (Lipinski definition) is 2. The van der Waals surface area contributed by atoms with Crippen LogP contribution >= 0.6 is 0 Å². The Morgan fingerprint density at radius 3 is 1.17 bits per heavy atom. The molecule has 0 aliphatic carbocycles. The van der Waals surface area contributed by atoms with Gasteiger partial charge in [-0.3, -0.25) is 0 Å². The Balaban J connectivity index is 1.84. The minimum Gasteiger partial charge on any atom is -0.403 e. The lowest BCUT2D eigenvalue weighted by Crippen LogP contribution is -2.49. The van der Waals surface area contributed by atoms with Crippen molar-refractivity contribution < 1.29 is 8.85 Å². The molecule has 0 radical (unpaired) electrons. The van der Waals surface area contributed by atoms with Gasteiger partial charge in [0.15, 0.2) is 0 Å². The molecule has 4 aromatic rings. The summed E-state index contributed by atoms with van der Waals surface area (Å²) in [5.74, 6) is 0. The zero-order chi connectivity index (χ0) is 25.8. The molecule has 4 heteroatoms. The third kappa shape index (κ3) is 6.32. The van der Waals surface area contributed by atoms with Crippen molar-refractivity contribution in [3.8, 4) is 0 Å². The first-order valence-electron chi connectivity index (χ1n) is 12.8. The molecule has 0 bridgehead atoms. The normalized spacial score (nSPS) is 13.8. The first-order chi connectivity index (χ1) is 17.2. The molecule has 36 heavy (non-hydrogen) atoms. The summed E-state index contributed by atoms with van der Waals surface area (Å²) in [4.78, 5) is 0. The van der Waals surface area contributed by atoms with Gasteiger partial charge in [-0.15, -0.1) is 0 Å². The summed E-state index contributed by atoms with van der Waals surface area (Å²) in [6.45, 7) is 13.4. The summed E-state index contributed by atoms with van der Waals surface area (Å²) in [5, 5.41) is 2.57. The lowest BCUT2D eigenvalue weighted by molar-refractivity contribution is 0.0444. The fourth-order valence-electron chi connectivity index (χ4n) is 4.75. The maximum atomic E-state index is 7.24. The summed E-state index contributed by atoms with van der Waals surface area (Å²) in [6, 6.07) is 38.8. The van der Waals surface area contributed by atoms with Gasteiger partial charge in [-0.1, -0.05) is 120 Å². The molecule has 0 heterocycles. The second-order valence-corrected chi connectivity index (χ2v) is 18.3. The third-order valence-corrected chi connectivity index (χ3v) is 11.9. The van der Waals surface area contributed by atoms with E-state index in [9.17, 15) is 0 Å². The molecule has 0 aromatic heterocycles. The van der Waals surface area contributed by atoms with Crippen molar-refractivity contribution in [3.63, 3.8) is 0 Å². The highest BCUT2D eigenvalue weighted by Gasteiger charge is 2.39. The van der Waals surface area contributed by atoms with Crippen LogP contribution in [0.15, 0.2) is 109 Å². The Morgan fingerprint density at radius 2 is 0.833 bits per heavy atom. The molecular formula is C32H38O2Si2. The standard InChI is InChI=1S/C32H38O2Si2/c1-25-15-13-17-27(23-25)31(33-35(3,4)29-19-9-7-10-20-29)32(28-18-14-16-26(2)24-28)34-36(5,6)30-21-11-8-12-22-30/h7-24,31-32H,1-6H3. The van der Waals surface area contributed by atoms with E-state index in [4.69, 9.17) is 8.85 Å². The molecular weight excluding hydrogens is 473 g/mol. The van der Waals surface area contributed by atoms with E-state index < -0.39 is 16.6 Å². The van der Waals surface area contributed by atoms with Crippen LogP contribution in [-0.2, 0) is 8.85 Å². The minimum absolute atomic E-state index is 0.232. The highest BCUT2D eigenvalue weighted by molar-refractivity contribution is 6.85. The highest BCUT2D eigenvalue weighted by Crippen LogP contribution is 2.39. The Labute approximate surface area is 219 Å². The zero-order valence-corrected chi connectivity index (χ0v) is 24.4. The predicted octanol–water partition coefficient (Wildman–Crippen LogP) is 7.34. The van der Waals surface area contributed by atoms with Crippen LogP contribution in [0.1, 0.15) is 34.5 Å². The van der Waals surface area contributed by atoms with Crippen LogP contribution in [0.4, 0.5) is 0 Å². The zero-order valence-electron chi connectivity index (χ0n) is 22.4. The SMILES string of the molecule is Cc1cccc(C(O[Si](C)(C)c2ccccc2)C(O[Si](C)(C)c2ccccc2)c2cccc(C)c2)c1. The fraction of sp³-hybridized carbons (Fsp3) is 0.250. The second kappa shape index (κ2) is 11.1. The van der Waals surface area contributed by atoms with Gasteiger partial charge in [0.1, 0.15) is 12.2 Å². The van der Waals surface area contributed by atoms with Crippen LogP contribution in [0, 0.1) is 13.8 Å². The minimum atomic E-state index is -2.27. The first-order valence-corrected chi connectivity index (χ1v) is 18.6. The van der Waals surface area contributed by atoms with E-state index in [-0.39, 0.29) is 12.2 Å². The van der Waals surface area contributed by atoms with E-state index in [1.165, 1.54) is 21.5 Å². The fourth-order valence-corrected chi connectivity index (χ4v) is 8.81. The molecule has 0 aliphatic rings. The molecule has 2 atom stereocenters. The molecule has 0 spiro atoms. The monoisotopic (exact) mass is 510 g/mol. The van der Waals surface area contributed by atoms with Crippen LogP contribution < -0.4 is 10.4 Å². The molecule has 0 fully saturated rings. The smallest absolute Gasteiger partial charge is 0.219 e. The topological polar surface area (TPSA) is 18.5 Å². The Hall–Kier alpha value is -2.77. The van der Waals surface area contributed by atoms with Crippen LogP contribution in [-0.4, -0.2) is 16.6 Å². The molecule has 0 N–H and O–H groups in total. The number of aryl methyl sites for hydroxylation is 2. The summed E-state index contributed by atoms with van der Waals surface area (Å²) < 4.78 is 14.5. The van der Waals surface area contributed by atoms with Crippen LogP contribution in [0.2, 0.25) is 26.2 Å². The molecule has 0 saturated carbocycles. The van der Waals surface area contributed by atoms with Gasteiger partial charge in [0, 0.05) is 0 Å². The Morgan fingerprint density at radius 1 is 0.472 bits per heavy atom. The lowest BCUT2D eigenvalue weighted by atomic mass is 9.96. The average Bonchev–Trinajstić information content (AvgIpc) is 2.87. The van der Waals surface area contributed by atoms with Gasteiger partial charge in [0.25, 0.3) is 0 Å². The summed E-state index contributed by atoms with van der Waals surface area (Å²) >= 11 is 0. The summed E-state index contributed by atoms with van der Waals surface area (Å²) in [7, 11) is -4.54. The van der Waals surface area contributed by atoms with E-state index in [2.05, 4.69) is 149 Å². The van der Waals surface area contributed by atoms with E-state index in [1.54, 1.807) is 0 Å². The molecule has 2 nitrogen and oxygen atoms in total. The third-order valence-electron chi connectivity index (χ3n) is 6.80. The molecule has 0 aliphatic heterocycles. The molecule has 186 valence electrons. The second-order valence-electron chi connectivity index (χ2n) is 10.7. The Bertz CT molecular complexity index is 1170. The largest absolute Gasteiger partial charge is 0.403 e. The van der Waals surface area contributed by atoms with Crippen LogP contribution in [0.25, 0.3) is 0 Å². The number of rotatable bonds is 9. The average molecular weight is 511 g/mol. The van der Waals surface area contributed by atoms with E-state index >= 15 is 0 Å². The van der Waals surface area contributed by atoms with Gasteiger partial charge in [-0.25, -0.2) is 0 Å². The summed E-state index contributed by atoms with van der Waals surface area (Å²) in [6.07, 6.45) is -0.465. The van der Waals surface area contributed by atoms with E-state index in [0.29, 0.717) is 0 Å². The maximum absolute atomic E-state index is 7.24. The van der Waals surface area contributed by atoms with Gasteiger partial charge < -0.3 is 8.85 Å². The molecule has 4 rings (SSSR count). The predicted molar refractivity (Wildman–Crippen MR) is 157 cm³/mol. The Kier molecular flexibility index (Phi) is 8.11. The van der Waals surface area contributed by atoms with Gasteiger partial charge in [0.2, 0.25) is 16.6 Å². The van der Waals surface area contributed by atoms with Crippen molar-refractivity contribution in [2.45, 2.75) is 52.2 Å². The number of hydrogen-bond donors (Lipinski definition) is 0. The van der Waals surface area contributed by atoms with Gasteiger partial charge in [-0.05, 0) is 61.5 Å². The van der Waals surface area contributed by atoms with E-state index in [0.717, 1.165) is 11.1 Å². The van der Waals surface area contributed by atoms with Gasteiger partial charge in [-0.2, -0.15) is 0 Å². The van der Waals surface area contributed by atoms with Crippen molar-refractivity contribution in [1.29, 1.82) is 0 Å². The van der Waals surface area contributed by atoms with Gasteiger partial charge in [0.05, 0.1) is 0 Å². The molecule has 0 amide bonds. The van der Waals surface area contributed by atoms with Crippen molar-refractivity contribution in [1.82, 2.24) is 0 Å². The first kappa shape index (κ1) is 26.3. The van der Waals surface area contributed by atoms with Gasteiger partial charge >= 0.3 is 0 Å². The van der Waals surface area contributed by atoms with Crippen LogP contribution in [0.5, 0.6) is 0 Å². The van der Waals surface area contributed by atoms with Crippen molar-refractivity contribution in [2.75, 3.05) is 0 Å². The van der Waals surface area contributed by atoms with E-state index in [1.807, 2.05) is 0 Å². The van der Waals surface area contributed by atoms with Crippen LogP contribution in [0.3, 0.4) is 0 Å². The van der Waals surface area contributed by atoms with Crippen molar-refractivity contribution in [2.24, 2.45) is 0 Å².